The van der Waals surface area contributed by atoms with Gasteiger partial charge in [-0.3, -0.25) is 9.78 Å². The summed E-state index contributed by atoms with van der Waals surface area (Å²) in [6.07, 6.45) is 1.47. The number of sulfonamides is 1. The maximum absolute atomic E-state index is 12.4. The molecule has 23 heavy (non-hydrogen) atoms. The van der Waals surface area contributed by atoms with Gasteiger partial charge in [0.15, 0.2) is 0 Å². The minimum absolute atomic E-state index is 0.0268. The second kappa shape index (κ2) is 6.66. The molecule has 2 rings (SSSR count). The van der Waals surface area contributed by atoms with Crippen molar-refractivity contribution in [2.45, 2.75) is 17.9 Å². The topological polar surface area (TPSA) is 93.4 Å². The van der Waals surface area contributed by atoms with Gasteiger partial charge >= 0.3 is 0 Å². The third kappa shape index (κ3) is 4.07. The summed E-state index contributed by atoms with van der Waals surface area (Å²) in [5.74, 6) is -0.282. The van der Waals surface area contributed by atoms with E-state index >= 15 is 0 Å². The van der Waals surface area contributed by atoms with E-state index in [0.717, 1.165) is 5.56 Å². The monoisotopic (exact) mass is 353 g/mol. The number of amides is 1. The fourth-order valence-electron chi connectivity index (χ4n) is 2.04. The second-order valence-electron chi connectivity index (χ2n) is 5.07. The van der Waals surface area contributed by atoms with Crippen LogP contribution in [0, 0.1) is 0 Å². The number of nitrogens with zero attached hydrogens (tertiary/aromatic N) is 2. The van der Waals surface area contributed by atoms with Crippen LogP contribution >= 0.6 is 11.6 Å². The number of carbonyl (C=O) groups excluding carboxylic acids is 1. The molecule has 0 saturated carbocycles. The average molecular weight is 354 g/mol. The molecule has 1 aromatic carbocycles. The highest BCUT2D eigenvalue weighted by molar-refractivity contribution is 7.89. The van der Waals surface area contributed by atoms with Crippen molar-refractivity contribution in [1.82, 2.24) is 9.88 Å². The summed E-state index contributed by atoms with van der Waals surface area (Å²) in [4.78, 5) is 18.0. The SMILES string of the molecule is C[C@@H](c1ccc(S(N)(=O)=O)cc1)N(C)C(=O)c1cc(Cl)ccn1. The molecular formula is C15H16ClN3O3S. The smallest absolute Gasteiger partial charge is 0.272 e. The van der Waals surface area contributed by atoms with Crippen molar-refractivity contribution in [3.8, 4) is 0 Å². The van der Waals surface area contributed by atoms with Crippen LogP contribution < -0.4 is 5.14 Å². The standard InChI is InChI=1S/C15H16ClN3O3S/c1-10(11-3-5-13(6-4-11)23(17,21)22)19(2)15(20)14-9-12(16)7-8-18-14/h3-10H,1-2H3,(H2,17,21,22)/t10-/m0/s1. The van der Waals surface area contributed by atoms with Crippen LogP contribution in [-0.4, -0.2) is 31.3 Å². The Morgan fingerprint density at radius 1 is 1.26 bits per heavy atom. The first-order chi connectivity index (χ1) is 10.7. The van der Waals surface area contributed by atoms with Crippen LogP contribution in [0.3, 0.4) is 0 Å². The highest BCUT2D eigenvalue weighted by Crippen LogP contribution is 2.22. The lowest BCUT2D eigenvalue weighted by molar-refractivity contribution is 0.0736. The van der Waals surface area contributed by atoms with Crippen LogP contribution in [0.1, 0.15) is 29.0 Å². The van der Waals surface area contributed by atoms with Crippen molar-refractivity contribution < 1.29 is 13.2 Å². The van der Waals surface area contributed by atoms with Crippen LogP contribution in [-0.2, 0) is 10.0 Å². The van der Waals surface area contributed by atoms with Gasteiger partial charge in [0.1, 0.15) is 5.69 Å². The molecule has 2 N–H and O–H groups in total. The summed E-state index contributed by atoms with van der Waals surface area (Å²) in [7, 11) is -2.09. The summed E-state index contributed by atoms with van der Waals surface area (Å²) in [5, 5.41) is 5.50. The summed E-state index contributed by atoms with van der Waals surface area (Å²) in [5.41, 5.74) is 1.02. The summed E-state index contributed by atoms with van der Waals surface area (Å²) >= 11 is 5.87. The molecule has 0 unspecified atom stereocenters. The zero-order valence-corrected chi connectivity index (χ0v) is 14.2. The van der Waals surface area contributed by atoms with Gasteiger partial charge in [-0.1, -0.05) is 23.7 Å². The van der Waals surface area contributed by atoms with Gasteiger partial charge in [-0.25, -0.2) is 13.6 Å². The molecule has 0 bridgehead atoms. The van der Waals surface area contributed by atoms with E-state index in [1.54, 1.807) is 25.2 Å². The maximum atomic E-state index is 12.4. The molecule has 8 heteroatoms. The molecule has 2 aromatic rings. The van der Waals surface area contributed by atoms with Crippen molar-refractivity contribution in [3.05, 3.63) is 58.9 Å². The summed E-state index contributed by atoms with van der Waals surface area (Å²) in [6.45, 7) is 1.83. The third-order valence-electron chi connectivity index (χ3n) is 3.53. The first-order valence-electron chi connectivity index (χ1n) is 6.71. The van der Waals surface area contributed by atoms with Crippen LogP contribution in [0.2, 0.25) is 5.02 Å². The predicted molar refractivity (Wildman–Crippen MR) is 87.6 cm³/mol. The largest absolute Gasteiger partial charge is 0.334 e. The van der Waals surface area contributed by atoms with Gasteiger partial charge in [0.2, 0.25) is 10.0 Å². The number of primary sulfonamides is 1. The number of hydrogen-bond donors (Lipinski definition) is 1. The van der Waals surface area contributed by atoms with E-state index in [1.165, 1.54) is 29.3 Å². The first-order valence-corrected chi connectivity index (χ1v) is 8.64. The van der Waals surface area contributed by atoms with Gasteiger partial charge in [-0.05, 0) is 36.8 Å². The molecule has 1 amide bonds. The lowest BCUT2D eigenvalue weighted by atomic mass is 10.1. The number of pyridine rings is 1. The Morgan fingerprint density at radius 3 is 2.39 bits per heavy atom. The van der Waals surface area contributed by atoms with Crippen molar-refractivity contribution in [2.24, 2.45) is 5.14 Å². The number of carbonyl (C=O) groups is 1. The summed E-state index contributed by atoms with van der Waals surface area (Å²) in [6, 6.07) is 8.89. The van der Waals surface area contributed by atoms with E-state index in [0.29, 0.717) is 5.02 Å². The zero-order valence-electron chi connectivity index (χ0n) is 12.6. The van der Waals surface area contributed by atoms with Gasteiger partial charge in [-0.2, -0.15) is 0 Å². The van der Waals surface area contributed by atoms with Gasteiger partial charge < -0.3 is 4.90 Å². The molecule has 6 nitrogen and oxygen atoms in total. The molecule has 0 aliphatic carbocycles. The Kier molecular flexibility index (Phi) is 5.03. The molecule has 122 valence electrons. The molecule has 0 fully saturated rings. The molecule has 0 aliphatic heterocycles. The molecule has 1 aromatic heterocycles. The Labute approximate surface area is 139 Å². The van der Waals surface area contributed by atoms with Crippen LogP contribution in [0.5, 0.6) is 0 Å². The molecule has 0 radical (unpaired) electrons. The molecule has 1 atom stereocenters. The van der Waals surface area contributed by atoms with E-state index in [-0.39, 0.29) is 22.5 Å². The lowest BCUT2D eigenvalue weighted by Gasteiger charge is -2.25. The Morgan fingerprint density at radius 2 is 1.87 bits per heavy atom. The second-order valence-corrected chi connectivity index (χ2v) is 7.06. The summed E-state index contributed by atoms with van der Waals surface area (Å²) < 4.78 is 22.5. The number of aromatic nitrogens is 1. The van der Waals surface area contributed by atoms with Crippen LogP contribution in [0.25, 0.3) is 0 Å². The van der Waals surface area contributed by atoms with Crippen LogP contribution in [0.15, 0.2) is 47.5 Å². The number of halogens is 1. The van der Waals surface area contributed by atoms with E-state index in [9.17, 15) is 13.2 Å². The minimum atomic E-state index is -3.73. The van der Waals surface area contributed by atoms with E-state index in [4.69, 9.17) is 16.7 Å². The Hall–Kier alpha value is -1.96. The Balaban J connectivity index is 2.22. The number of hydrogen-bond acceptors (Lipinski definition) is 4. The average Bonchev–Trinajstić information content (AvgIpc) is 2.52. The van der Waals surface area contributed by atoms with E-state index in [2.05, 4.69) is 4.98 Å². The van der Waals surface area contributed by atoms with Gasteiger partial charge in [0.05, 0.1) is 10.9 Å². The molecular weight excluding hydrogens is 338 g/mol. The minimum Gasteiger partial charge on any atom is -0.334 e. The van der Waals surface area contributed by atoms with Gasteiger partial charge in [0, 0.05) is 18.3 Å². The maximum Gasteiger partial charge on any atom is 0.272 e. The predicted octanol–water partition coefficient (Wildman–Crippen LogP) is 2.22. The molecule has 1 heterocycles. The van der Waals surface area contributed by atoms with E-state index < -0.39 is 10.0 Å². The third-order valence-corrected chi connectivity index (χ3v) is 4.70. The number of nitrogens with two attached hydrogens (primary N) is 1. The first kappa shape index (κ1) is 17.4. The highest BCUT2D eigenvalue weighted by atomic mass is 35.5. The van der Waals surface area contributed by atoms with Gasteiger partial charge in [-0.15, -0.1) is 0 Å². The number of rotatable bonds is 4. The zero-order chi connectivity index (χ0) is 17.2. The van der Waals surface area contributed by atoms with Gasteiger partial charge in [0.25, 0.3) is 5.91 Å². The van der Waals surface area contributed by atoms with Crippen molar-refractivity contribution >= 4 is 27.5 Å². The lowest BCUT2D eigenvalue weighted by Crippen LogP contribution is -2.30. The molecule has 0 spiro atoms. The molecule has 0 aliphatic rings. The Bertz CT molecular complexity index is 822. The van der Waals surface area contributed by atoms with Crippen LogP contribution in [0.4, 0.5) is 0 Å². The normalized spacial score (nSPS) is 12.7. The molecule has 0 saturated heterocycles. The van der Waals surface area contributed by atoms with Crippen molar-refractivity contribution in [1.29, 1.82) is 0 Å². The quantitative estimate of drug-likeness (QED) is 0.911. The fraction of sp³-hybridized carbons (Fsp3) is 0.200. The fourth-order valence-corrected chi connectivity index (χ4v) is 2.71. The van der Waals surface area contributed by atoms with E-state index in [1.807, 2.05) is 6.92 Å². The highest BCUT2D eigenvalue weighted by Gasteiger charge is 2.20. The number of benzene rings is 1. The van der Waals surface area contributed by atoms with Crippen molar-refractivity contribution in [3.63, 3.8) is 0 Å². The van der Waals surface area contributed by atoms with Crippen molar-refractivity contribution in [2.75, 3.05) is 7.05 Å².